The van der Waals surface area contributed by atoms with Gasteiger partial charge in [-0.05, 0) is 49.1 Å². The number of benzene rings is 1. The fourth-order valence-electron chi connectivity index (χ4n) is 4.77. The second kappa shape index (κ2) is 14.0. The summed E-state index contributed by atoms with van der Waals surface area (Å²) < 4.78 is 0. The minimum absolute atomic E-state index is 0.0268. The molecule has 1 aromatic carbocycles. The summed E-state index contributed by atoms with van der Waals surface area (Å²) in [7, 11) is 1.36. The maximum atomic E-state index is 13.8. The molecule has 2 aromatic rings. The quantitative estimate of drug-likeness (QED) is 0.200. The monoisotopic (exact) mass is 601 g/mol. The summed E-state index contributed by atoms with van der Waals surface area (Å²) in [5.41, 5.74) is 8.90. The number of hydrogen-bond acceptors (Lipinski definition) is 10. The first-order chi connectivity index (χ1) is 19.4. The van der Waals surface area contributed by atoms with Crippen LogP contribution in [0.1, 0.15) is 72.9 Å². The molecule has 3 rings (SSSR count). The van der Waals surface area contributed by atoms with E-state index in [-0.39, 0.29) is 44.6 Å². The predicted molar refractivity (Wildman–Crippen MR) is 156 cm³/mol. The van der Waals surface area contributed by atoms with Crippen LogP contribution in [0.15, 0.2) is 35.2 Å². The molecule has 0 fully saturated rings. The molecule has 13 heteroatoms. The molecule has 3 N–H and O–H groups in total. The van der Waals surface area contributed by atoms with Crippen LogP contribution in [0.5, 0.6) is 0 Å². The Hall–Kier alpha value is -3.42. The van der Waals surface area contributed by atoms with E-state index in [0.29, 0.717) is 28.6 Å². The number of thiazole rings is 1. The van der Waals surface area contributed by atoms with E-state index in [9.17, 15) is 28.8 Å². The van der Waals surface area contributed by atoms with Gasteiger partial charge in [-0.15, -0.1) is 11.3 Å². The van der Waals surface area contributed by atoms with Gasteiger partial charge in [-0.2, -0.15) is 0 Å². The number of carbonyl (C=O) groups is 6. The number of aromatic nitrogens is 1. The van der Waals surface area contributed by atoms with Crippen molar-refractivity contribution < 1.29 is 28.8 Å². The number of hydrogen-bond donors (Lipinski definition) is 2. The third kappa shape index (κ3) is 7.27. The topological polar surface area (TPSA) is 160 Å². The van der Waals surface area contributed by atoms with Crippen molar-refractivity contribution in [2.24, 2.45) is 11.7 Å². The summed E-state index contributed by atoms with van der Waals surface area (Å²) in [4.78, 5) is 83.2. The average Bonchev–Trinajstić information content (AvgIpc) is 3.51. The number of unbranched alkanes of at least 4 members (excludes halogenated alkanes) is 1. The Labute approximate surface area is 247 Å². The van der Waals surface area contributed by atoms with E-state index in [1.54, 1.807) is 35.2 Å². The van der Waals surface area contributed by atoms with Gasteiger partial charge in [-0.25, -0.2) is 4.98 Å². The second-order valence-corrected chi connectivity index (χ2v) is 12.4. The van der Waals surface area contributed by atoms with E-state index in [1.165, 1.54) is 25.3 Å². The molecule has 1 aromatic heterocycles. The zero-order valence-electron chi connectivity index (χ0n) is 23.5. The molecule has 220 valence electrons. The van der Waals surface area contributed by atoms with Crippen LogP contribution >= 0.6 is 23.1 Å². The lowest BCUT2D eigenvalue weighted by atomic mass is 10.00. The number of amides is 5. The van der Waals surface area contributed by atoms with Gasteiger partial charge in [0.05, 0.1) is 28.4 Å². The Bertz CT molecular complexity index is 1280. The number of fused-ring (bicyclic) bond motifs is 1. The number of carbonyl (C=O) groups excluding carboxylic acids is 6. The standard InChI is InChI=1S/C28H35N5O6S2/c1-17(2)13-22(29)26(38)33(28(27(39)30-4,41-18(3)34)14-19-15-40-16-31-19)23(35)11-7-8-12-32-24(36)20-9-5-6-10-21(20)25(32)37/h5-6,9-10,15-17,22H,7-8,11-14,29H2,1-4H3,(H,30,39)/t22-,28+/m0/s1. The van der Waals surface area contributed by atoms with Gasteiger partial charge in [0, 0.05) is 38.7 Å². The maximum absolute atomic E-state index is 13.8. The Balaban J connectivity index is 1.87. The molecule has 2 heterocycles. The summed E-state index contributed by atoms with van der Waals surface area (Å²) in [6, 6.07) is 5.47. The minimum Gasteiger partial charge on any atom is -0.356 e. The highest BCUT2D eigenvalue weighted by Crippen LogP contribution is 2.36. The van der Waals surface area contributed by atoms with E-state index in [0.717, 1.165) is 9.80 Å². The van der Waals surface area contributed by atoms with E-state index >= 15 is 0 Å². The second-order valence-electron chi connectivity index (χ2n) is 10.2. The normalized spacial score (nSPS) is 14.9. The fourth-order valence-corrected chi connectivity index (χ4v) is 6.50. The number of imide groups is 2. The van der Waals surface area contributed by atoms with Crippen molar-refractivity contribution in [1.29, 1.82) is 0 Å². The molecule has 0 aliphatic carbocycles. The van der Waals surface area contributed by atoms with E-state index in [4.69, 9.17) is 5.73 Å². The first-order valence-corrected chi connectivity index (χ1v) is 15.0. The molecule has 0 saturated heterocycles. The molecular weight excluding hydrogens is 566 g/mol. The van der Waals surface area contributed by atoms with E-state index in [1.807, 2.05) is 13.8 Å². The number of nitrogens with zero attached hydrogens (tertiary/aromatic N) is 3. The third-order valence-corrected chi connectivity index (χ3v) is 8.35. The van der Waals surface area contributed by atoms with E-state index in [2.05, 4.69) is 10.3 Å². The third-order valence-electron chi connectivity index (χ3n) is 6.57. The highest BCUT2D eigenvalue weighted by molar-refractivity contribution is 8.15. The maximum Gasteiger partial charge on any atom is 0.261 e. The van der Waals surface area contributed by atoms with Gasteiger partial charge in [0.2, 0.25) is 11.8 Å². The molecule has 0 spiro atoms. The van der Waals surface area contributed by atoms with Crippen molar-refractivity contribution in [2.75, 3.05) is 13.6 Å². The van der Waals surface area contributed by atoms with E-state index < -0.39 is 45.6 Å². The number of rotatable bonds is 13. The van der Waals surface area contributed by atoms with Crippen molar-refractivity contribution in [1.82, 2.24) is 20.1 Å². The van der Waals surface area contributed by atoms with Gasteiger partial charge in [0.15, 0.2) is 9.99 Å². The van der Waals surface area contributed by atoms with Crippen LogP contribution in [0.4, 0.5) is 0 Å². The fraction of sp³-hybridized carbons (Fsp3) is 0.464. The van der Waals surface area contributed by atoms with Crippen LogP contribution in [-0.2, 0) is 25.6 Å². The van der Waals surface area contributed by atoms with Gasteiger partial charge in [0.1, 0.15) is 0 Å². The van der Waals surface area contributed by atoms with Crippen LogP contribution in [0.25, 0.3) is 0 Å². The number of nitrogens with one attached hydrogen (secondary N) is 1. The van der Waals surface area contributed by atoms with Crippen LogP contribution in [0.3, 0.4) is 0 Å². The minimum atomic E-state index is -1.96. The molecule has 2 atom stereocenters. The predicted octanol–water partition coefficient (Wildman–Crippen LogP) is 2.60. The first kappa shape index (κ1) is 32.1. The molecule has 0 radical (unpaired) electrons. The van der Waals surface area contributed by atoms with Gasteiger partial charge in [0.25, 0.3) is 17.7 Å². The lowest BCUT2D eigenvalue weighted by molar-refractivity contribution is -0.155. The molecule has 41 heavy (non-hydrogen) atoms. The Kier molecular flexibility index (Phi) is 10.9. The van der Waals surface area contributed by atoms with Gasteiger partial charge < -0.3 is 11.1 Å². The summed E-state index contributed by atoms with van der Waals surface area (Å²) in [5.74, 6) is -2.93. The largest absolute Gasteiger partial charge is 0.356 e. The van der Waals surface area contributed by atoms with Gasteiger partial charge in [-0.3, -0.25) is 38.6 Å². The summed E-state index contributed by atoms with van der Waals surface area (Å²) in [6.45, 7) is 5.10. The zero-order chi connectivity index (χ0) is 30.3. The zero-order valence-corrected chi connectivity index (χ0v) is 25.2. The lowest BCUT2D eigenvalue weighted by Crippen LogP contribution is -2.64. The molecule has 11 nitrogen and oxygen atoms in total. The van der Waals surface area contributed by atoms with Gasteiger partial charge >= 0.3 is 0 Å². The molecule has 5 amide bonds. The SMILES string of the molecule is CNC(=O)[C@@](Cc1cscn1)(SC(C)=O)N(C(=O)CCCCN1C(=O)c2ccccc2C1=O)C(=O)[C@@H](N)CC(C)C. The number of thioether (sulfide) groups is 1. The summed E-state index contributed by atoms with van der Waals surface area (Å²) >= 11 is 1.85. The molecule has 0 bridgehead atoms. The molecule has 0 saturated carbocycles. The highest BCUT2D eigenvalue weighted by Gasteiger charge is 2.52. The molecule has 1 aliphatic heterocycles. The van der Waals surface area contributed by atoms with Crippen LogP contribution in [-0.4, -0.2) is 73.9 Å². The summed E-state index contributed by atoms with van der Waals surface area (Å²) in [6.07, 6.45) is 0.378. The van der Waals surface area contributed by atoms with Gasteiger partial charge in [-0.1, -0.05) is 26.0 Å². The van der Waals surface area contributed by atoms with Crippen molar-refractivity contribution in [3.63, 3.8) is 0 Å². The lowest BCUT2D eigenvalue weighted by Gasteiger charge is -2.40. The van der Waals surface area contributed by atoms with Crippen LogP contribution in [0, 0.1) is 5.92 Å². The van der Waals surface area contributed by atoms with Crippen molar-refractivity contribution in [3.8, 4) is 0 Å². The smallest absolute Gasteiger partial charge is 0.261 e. The number of nitrogens with two attached hydrogens (primary N) is 1. The van der Waals surface area contributed by atoms with Crippen molar-refractivity contribution in [2.45, 2.75) is 63.8 Å². The summed E-state index contributed by atoms with van der Waals surface area (Å²) in [5, 5.41) is 3.72. The Morgan fingerprint density at radius 2 is 1.76 bits per heavy atom. The molecule has 1 aliphatic rings. The molecule has 0 unspecified atom stereocenters. The van der Waals surface area contributed by atoms with Crippen molar-refractivity contribution in [3.05, 3.63) is 52.0 Å². The van der Waals surface area contributed by atoms with Crippen LogP contribution < -0.4 is 11.1 Å². The molecular formula is C28H35N5O6S2. The van der Waals surface area contributed by atoms with Crippen molar-refractivity contribution >= 4 is 57.7 Å². The number of likely N-dealkylation sites (N-methyl/N-ethyl adjacent to an activating group) is 1. The first-order valence-electron chi connectivity index (χ1n) is 13.3. The average molecular weight is 602 g/mol. The van der Waals surface area contributed by atoms with Crippen LogP contribution in [0.2, 0.25) is 0 Å². The Morgan fingerprint density at radius 3 is 2.27 bits per heavy atom. The Morgan fingerprint density at radius 1 is 1.12 bits per heavy atom. The highest BCUT2D eigenvalue weighted by atomic mass is 32.2.